The molecule has 0 saturated heterocycles. The van der Waals surface area contributed by atoms with Crippen LogP contribution < -0.4 is 5.32 Å². The summed E-state index contributed by atoms with van der Waals surface area (Å²) in [5.41, 5.74) is 6.74. The fourth-order valence-electron chi connectivity index (χ4n) is 4.91. The van der Waals surface area contributed by atoms with Crippen LogP contribution in [0.25, 0.3) is 5.69 Å². The second kappa shape index (κ2) is 10.5. The standard InChI is InChI=1S/C29H28N4O3S/c1-19-16-22(20(2)32(19)23-12-14-24(15-13-23)33(35)36)18-31-29-27(25-10-6-7-11-26(25)37-29)28(34)30-17-21-8-4-3-5-9-21/h3-5,8-9,12-16,18H,6-7,10-11,17H2,1-2H3,(H,30,34). The van der Waals surface area contributed by atoms with Gasteiger partial charge in [-0.2, -0.15) is 0 Å². The number of non-ortho nitro benzene ring substituents is 1. The van der Waals surface area contributed by atoms with Crippen LogP contribution in [0.2, 0.25) is 0 Å². The number of carbonyl (C=O) groups is 1. The van der Waals surface area contributed by atoms with Crippen molar-refractivity contribution in [3.63, 3.8) is 0 Å². The van der Waals surface area contributed by atoms with Gasteiger partial charge in [-0.05, 0) is 68.9 Å². The summed E-state index contributed by atoms with van der Waals surface area (Å²) < 4.78 is 2.05. The fraction of sp³-hybridized carbons (Fsp3) is 0.241. The van der Waals surface area contributed by atoms with Gasteiger partial charge in [0.1, 0.15) is 5.00 Å². The lowest BCUT2D eigenvalue weighted by Gasteiger charge is -2.12. The molecule has 0 atom stereocenters. The van der Waals surface area contributed by atoms with Crippen molar-refractivity contribution in [3.05, 3.63) is 109 Å². The Morgan fingerprint density at radius 2 is 1.84 bits per heavy atom. The summed E-state index contributed by atoms with van der Waals surface area (Å²) in [5, 5.41) is 14.9. The van der Waals surface area contributed by atoms with E-state index in [0.29, 0.717) is 12.1 Å². The molecule has 1 aliphatic carbocycles. The van der Waals surface area contributed by atoms with Crippen molar-refractivity contribution in [1.29, 1.82) is 0 Å². The van der Waals surface area contributed by atoms with Gasteiger partial charge in [-0.1, -0.05) is 30.3 Å². The van der Waals surface area contributed by atoms with Crippen molar-refractivity contribution in [1.82, 2.24) is 9.88 Å². The molecule has 188 valence electrons. The largest absolute Gasteiger partial charge is 0.348 e. The van der Waals surface area contributed by atoms with Gasteiger partial charge in [0, 0.05) is 52.4 Å². The van der Waals surface area contributed by atoms with Crippen molar-refractivity contribution in [3.8, 4) is 5.69 Å². The Labute approximate surface area is 219 Å². The van der Waals surface area contributed by atoms with E-state index < -0.39 is 4.92 Å². The van der Waals surface area contributed by atoms with E-state index in [4.69, 9.17) is 4.99 Å². The molecule has 2 heterocycles. The molecule has 0 radical (unpaired) electrons. The van der Waals surface area contributed by atoms with Crippen molar-refractivity contribution >= 4 is 34.1 Å². The van der Waals surface area contributed by atoms with Crippen molar-refractivity contribution < 1.29 is 9.72 Å². The first kappa shape index (κ1) is 24.6. The summed E-state index contributed by atoms with van der Waals surface area (Å²) in [7, 11) is 0. The molecule has 1 amide bonds. The third-order valence-corrected chi connectivity index (χ3v) is 7.99. The van der Waals surface area contributed by atoms with Crippen LogP contribution in [0.4, 0.5) is 10.7 Å². The van der Waals surface area contributed by atoms with Crippen LogP contribution in [0.1, 0.15) is 56.2 Å². The maximum Gasteiger partial charge on any atom is 0.269 e. The molecule has 0 fully saturated rings. The summed E-state index contributed by atoms with van der Waals surface area (Å²) >= 11 is 1.62. The fourth-order valence-corrected chi connectivity index (χ4v) is 6.14. The molecule has 0 aliphatic heterocycles. The Balaban J connectivity index is 1.44. The molecule has 1 aliphatic rings. The molecule has 2 aromatic carbocycles. The Kier molecular flexibility index (Phi) is 7.01. The number of fused-ring (bicyclic) bond motifs is 1. The van der Waals surface area contributed by atoms with Crippen LogP contribution in [0.15, 0.2) is 65.7 Å². The zero-order valence-electron chi connectivity index (χ0n) is 20.9. The van der Waals surface area contributed by atoms with Gasteiger partial charge in [0.05, 0.1) is 10.5 Å². The molecule has 2 aromatic heterocycles. The van der Waals surface area contributed by atoms with Crippen LogP contribution in [0.3, 0.4) is 0 Å². The number of nitro groups is 1. The highest BCUT2D eigenvalue weighted by atomic mass is 32.1. The first-order chi connectivity index (χ1) is 17.9. The minimum absolute atomic E-state index is 0.0627. The van der Waals surface area contributed by atoms with Gasteiger partial charge in [-0.15, -0.1) is 11.3 Å². The first-order valence-corrected chi connectivity index (χ1v) is 13.2. The highest BCUT2D eigenvalue weighted by molar-refractivity contribution is 7.16. The number of aryl methyl sites for hydroxylation is 2. The molecule has 4 aromatic rings. The molecule has 8 heteroatoms. The van der Waals surface area contributed by atoms with Crippen LogP contribution in [0.5, 0.6) is 0 Å². The monoisotopic (exact) mass is 512 g/mol. The van der Waals surface area contributed by atoms with Gasteiger partial charge in [0.2, 0.25) is 0 Å². The SMILES string of the molecule is Cc1cc(C=Nc2sc3c(c2C(=O)NCc2ccccc2)CCCC3)c(C)n1-c1ccc([N+](=O)[O-])cc1. The number of benzene rings is 2. The molecule has 0 bridgehead atoms. The van der Waals surface area contributed by atoms with E-state index in [1.54, 1.807) is 23.5 Å². The summed E-state index contributed by atoms with van der Waals surface area (Å²) in [4.78, 5) is 30.1. The zero-order chi connectivity index (χ0) is 25.9. The number of nitrogens with one attached hydrogen (secondary N) is 1. The lowest BCUT2D eigenvalue weighted by molar-refractivity contribution is -0.384. The predicted molar refractivity (Wildman–Crippen MR) is 148 cm³/mol. The molecule has 1 N–H and O–H groups in total. The number of aliphatic imine (C=N–C) groups is 1. The second-order valence-corrected chi connectivity index (χ2v) is 10.3. The number of carbonyl (C=O) groups excluding carboxylic acids is 1. The van der Waals surface area contributed by atoms with E-state index in [2.05, 4.69) is 9.88 Å². The zero-order valence-corrected chi connectivity index (χ0v) is 21.7. The van der Waals surface area contributed by atoms with Gasteiger partial charge in [0.25, 0.3) is 11.6 Å². The highest BCUT2D eigenvalue weighted by Gasteiger charge is 2.25. The number of hydrogen-bond donors (Lipinski definition) is 1. The van der Waals surface area contributed by atoms with E-state index >= 15 is 0 Å². The number of amides is 1. The molecule has 0 saturated carbocycles. The smallest absolute Gasteiger partial charge is 0.269 e. The molecule has 37 heavy (non-hydrogen) atoms. The van der Waals surface area contributed by atoms with E-state index in [9.17, 15) is 14.9 Å². The molecular weight excluding hydrogens is 484 g/mol. The Bertz CT molecular complexity index is 1480. The Morgan fingerprint density at radius 3 is 2.57 bits per heavy atom. The van der Waals surface area contributed by atoms with E-state index in [1.165, 1.54) is 17.0 Å². The van der Waals surface area contributed by atoms with E-state index in [1.807, 2.05) is 56.5 Å². The van der Waals surface area contributed by atoms with Crippen molar-refractivity contribution in [2.45, 2.75) is 46.1 Å². The number of nitrogens with zero attached hydrogens (tertiary/aromatic N) is 3. The summed E-state index contributed by atoms with van der Waals surface area (Å²) in [5.74, 6) is -0.0771. The Morgan fingerprint density at radius 1 is 1.11 bits per heavy atom. The third-order valence-electron chi connectivity index (χ3n) is 6.79. The third kappa shape index (κ3) is 5.11. The van der Waals surface area contributed by atoms with Gasteiger partial charge in [0.15, 0.2) is 0 Å². The van der Waals surface area contributed by atoms with Gasteiger partial charge < -0.3 is 9.88 Å². The Hall–Kier alpha value is -4.04. The van der Waals surface area contributed by atoms with E-state index in [-0.39, 0.29) is 11.6 Å². The second-order valence-electron chi connectivity index (χ2n) is 9.25. The van der Waals surface area contributed by atoms with Gasteiger partial charge >= 0.3 is 0 Å². The number of thiophene rings is 1. The molecule has 0 spiro atoms. The summed E-state index contributed by atoms with van der Waals surface area (Å²) in [6.07, 6.45) is 5.95. The first-order valence-electron chi connectivity index (χ1n) is 12.4. The summed E-state index contributed by atoms with van der Waals surface area (Å²) in [6, 6.07) is 18.5. The summed E-state index contributed by atoms with van der Waals surface area (Å²) in [6.45, 7) is 4.48. The lowest BCUT2D eigenvalue weighted by atomic mass is 9.95. The molecule has 0 unspecified atom stereocenters. The maximum absolute atomic E-state index is 13.3. The van der Waals surface area contributed by atoms with Gasteiger partial charge in [-0.25, -0.2) is 4.99 Å². The van der Waals surface area contributed by atoms with Crippen LogP contribution in [0, 0.1) is 24.0 Å². The number of rotatable bonds is 7. The van der Waals surface area contributed by atoms with Crippen molar-refractivity contribution in [2.75, 3.05) is 0 Å². The van der Waals surface area contributed by atoms with Crippen molar-refractivity contribution in [2.24, 2.45) is 4.99 Å². The predicted octanol–water partition coefficient (Wildman–Crippen LogP) is 6.62. The number of hydrogen-bond acceptors (Lipinski definition) is 5. The number of nitro benzene ring substituents is 1. The van der Waals surface area contributed by atoms with E-state index in [0.717, 1.165) is 64.4 Å². The molecule has 7 nitrogen and oxygen atoms in total. The number of aromatic nitrogens is 1. The van der Waals surface area contributed by atoms with Gasteiger partial charge in [-0.3, -0.25) is 14.9 Å². The normalized spacial score (nSPS) is 13.0. The average Bonchev–Trinajstić information content (AvgIpc) is 3.42. The quantitative estimate of drug-likeness (QED) is 0.171. The molecular formula is C29H28N4O3S. The van der Waals surface area contributed by atoms with Crippen LogP contribution >= 0.6 is 11.3 Å². The maximum atomic E-state index is 13.3. The topological polar surface area (TPSA) is 89.5 Å². The average molecular weight is 513 g/mol. The van der Waals surface area contributed by atoms with Crippen LogP contribution in [-0.2, 0) is 19.4 Å². The molecule has 5 rings (SSSR count). The lowest BCUT2D eigenvalue weighted by Crippen LogP contribution is -2.24. The van der Waals surface area contributed by atoms with Crippen LogP contribution in [-0.4, -0.2) is 21.6 Å². The minimum Gasteiger partial charge on any atom is -0.348 e. The minimum atomic E-state index is -0.397. The highest BCUT2D eigenvalue weighted by Crippen LogP contribution is 2.40.